The van der Waals surface area contributed by atoms with Gasteiger partial charge < -0.3 is 5.73 Å². The third-order valence-electron chi connectivity index (χ3n) is 2.91. The molecule has 0 spiro atoms. The first-order valence-electron chi connectivity index (χ1n) is 5.40. The van der Waals surface area contributed by atoms with Crippen LogP contribution in [0, 0.1) is 5.92 Å². The highest BCUT2D eigenvalue weighted by Crippen LogP contribution is 2.33. The van der Waals surface area contributed by atoms with E-state index in [4.69, 9.17) is 5.73 Å². The van der Waals surface area contributed by atoms with Crippen LogP contribution in [0.5, 0.6) is 0 Å². The van der Waals surface area contributed by atoms with Gasteiger partial charge in [0.25, 0.3) is 0 Å². The minimum atomic E-state index is -2.85. The summed E-state index contributed by atoms with van der Waals surface area (Å²) >= 11 is 0. The molecule has 0 aliphatic heterocycles. The predicted molar refractivity (Wildman–Crippen MR) is 58.9 cm³/mol. The van der Waals surface area contributed by atoms with Crippen molar-refractivity contribution in [1.82, 2.24) is 0 Å². The van der Waals surface area contributed by atoms with Gasteiger partial charge in [-0.05, 0) is 45.4 Å². The quantitative estimate of drug-likeness (QED) is 0.733. The van der Waals surface area contributed by atoms with Gasteiger partial charge in [0.2, 0.25) is 0 Å². The van der Waals surface area contributed by atoms with E-state index in [0.29, 0.717) is 11.7 Å². The lowest BCUT2D eigenvalue weighted by Gasteiger charge is -2.11. The average molecular weight is 219 g/mol. The van der Waals surface area contributed by atoms with E-state index in [1.807, 2.05) is 0 Å². The van der Waals surface area contributed by atoms with Crippen molar-refractivity contribution in [2.45, 2.75) is 50.8 Å². The fourth-order valence-electron chi connectivity index (χ4n) is 1.52. The Bertz CT molecular complexity index is 268. The van der Waals surface area contributed by atoms with Crippen molar-refractivity contribution in [3.8, 4) is 0 Å². The van der Waals surface area contributed by atoms with E-state index in [0.717, 1.165) is 12.8 Å². The first-order valence-corrected chi connectivity index (χ1v) is 7.12. The maximum atomic E-state index is 11.5. The van der Waals surface area contributed by atoms with Crippen LogP contribution in [-0.4, -0.2) is 25.5 Å². The number of sulfone groups is 1. The summed E-state index contributed by atoms with van der Waals surface area (Å²) in [6.07, 6.45) is 4.05. The maximum Gasteiger partial charge on any atom is 0.152 e. The highest BCUT2D eigenvalue weighted by molar-refractivity contribution is 7.91. The minimum absolute atomic E-state index is 0.234. The van der Waals surface area contributed by atoms with E-state index in [2.05, 4.69) is 0 Å². The lowest BCUT2D eigenvalue weighted by molar-refractivity contribution is 0.535. The summed E-state index contributed by atoms with van der Waals surface area (Å²) < 4.78 is 22.9. The Morgan fingerprint density at radius 1 is 1.36 bits per heavy atom. The number of hydrogen-bond donors (Lipinski definition) is 1. The van der Waals surface area contributed by atoms with Crippen LogP contribution in [0.25, 0.3) is 0 Å². The van der Waals surface area contributed by atoms with Crippen molar-refractivity contribution in [1.29, 1.82) is 0 Å². The first kappa shape index (κ1) is 12.0. The molecule has 1 rings (SSSR count). The molecular weight excluding hydrogens is 198 g/mol. The van der Waals surface area contributed by atoms with Crippen molar-refractivity contribution >= 4 is 9.84 Å². The van der Waals surface area contributed by atoms with Crippen LogP contribution in [0.3, 0.4) is 0 Å². The predicted octanol–water partition coefficient (Wildman–Crippen LogP) is 1.33. The average Bonchev–Trinajstić information content (AvgIpc) is 2.85. The second-order valence-corrected chi connectivity index (χ2v) is 7.24. The van der Waals surface area contributed by atoms with E-state index in [1.165, 1.54) is 12.8 Å². The van der Waals surface area contributed by atoms with Gasteiger partial charge in [-0.2, -0.15) is 0 Å². The Morgan fingerprint density at radius 2 is 1.93 bits per heavy atom. The van der Waals surface area contributed by atoms with Crippen LogP contribution < -0.4 is 5.73 Å². The van der Waals surface area contributed by atoms with Gasteiger partial charge in [-0.3, -0.25) is 0 Å². The molecule has 0 saturated heterocycles. The van der Waals surface area contributed by atoms with Gasteiger partial charge in [-0.1, -0.05) is 0 Å². The molecule has 0 bridgehead atoms. The summed E-state index contributed by atoms with van der Waals surface area (Å²) in [4.78, 5) is 0. The van der Waals surface area contributed by atoms with Crippen molar-refractivity contribution in [3.63, 3.8) is 0 Å². The van der Waals surface area contributed by atoms with Crippen molar-refractivity contribution in [2.75, 3.05) is 5.75 Å². The minimum Gasteiger partial charge on any atom is -0.327 e. The molecule has 3 nitrogen and oxygen atoms in total. The molecule has 0 aromatic carbocycles. The first-order chi connectivity index (χ1) is 6.43. The van der Waals surface area contributed by atoms with Gasteiger partial charge in [0, 0.05) is 6.04 Å². The van der Waals surface area contributed by atoms with Gasteiger partial charge >= 0.3 is 0 Å². The summed E-state index contributed by atoms with van der Waals surface area (Å²) in [5, 5.41) is -0.250. The number of nitrogens with two attached hydrogens (primary N) is 1. The second kappa shape index (κ2) is 4.62. The molecular formula is C10H21NO2S. The molecule has 0 amide bonds. The van der Waals surface area contributed by atoms with Crippen molar-refractivity contribution in [2.24, 2.45) is 11.7 Å². The van der Waals surface area contributed by atoms with Crippen LogP contribution in [0.1, 0.15) is 39.5 Å². The lowest BCUT2D eigenvalue weighted by atomic mass is 10.1. The Morgan fingerprint density at radius 3 is 2.36 bits per heavy atom. The topological polar surface area (TPSA) is 60.2 Å². The van der Waals surface area contributed by atoms with Crippen LogP contribution in [-0.2, 0) is 9.84 Å². The SMILES string of the molecule is CC(C)S(=O)(=O)CCCC(N)C1CC1. The molecule has 1 aliphatic rings. The highest BCUT2D eigenvalue weighted by Gasteiger charge is 2.28. The van der Waals surface area contributed by atoms with Crippen molar-refractivity contribution in [3.05, 3.63) is 0 Å². The lowest BCUT2D eigenvalue weighted by Crippen LogP contribution is -2.24. The maximum absolute atomic E-state index is 11.5. The number of rotatable bonds is 6. The third-order valence-corrected chi connectivity index (χ3v) is 5.21. The van der Waals surface area contributed by atoms with E-state index in [-0.39, 0.29) is 11.3 Å². The van der Waals surface area contributed by atoms with E-state index in [9.17, 15) is 8.42 Å². The van der Waals surface area contributed by atoms with E-state index < -0.39 is 9.84 Å². The Balaban J connectivity index is 2.20. The molecule has 1 fully saturated rings. The molecule has 0 heterocycles. The largest absolute Gasteiger partial charge is 0.327 e. The molecule has 84 valence electrons. The van der Waals surface area contributed by atoms with Gasteiger partial charge in [-0.15, -0.1) is 0 Å². The van der Waals surface area contributed by atoms with Gasteiger partial charge in [0.15, 0.2) is 9.84 Å². The summed E-state index contributed by atoms with van der Waals surface area (Å²) in [6.45, 7) is 3.46. The molecule has 1 aliphatic carbocycles. The molecule has 1 unspecified atom stereocenters. The molecule has 2 N–H and O–H groups in total. The summed E-state index contributed by atoms with van der Waals surface area (Å²) in [5.74, 6) is 0.974. The monoisotopic (exact) mass is 219 g/mol. The van der Waals surface area contributed by atoms with Crippen LogP contribution in [0.2, 0.25) is 0 Å². The Kier molecular flexibility index (Phi) is 3.95. The molecule has 0 aromatic heterocycles. The normalized spacial score (nSPS) is 20.0. The van der Waals surface area contributed by atoms with Gasteiger partial charge in [0.05, 0.1) is 11.0 Å². The summed E-state index contributed by atoms with van der Waals surface area (Å²) in [7, 11) is -2.85. The fourth-order valence-corrected chi connectivity index (χ4v) is 2.56. The second-order valence-electron chi connectivity index (χ2n) is 4.56. The Hall–Kier alpha value is -0.0900. The van der Waals surface area contributed by atoms with Crippen LogP contribution >= 0.6 is 0 Å². The molecule has 14 heavy (non-hydrogen) atoms. The molecule has 1 atom stereocenters. The fraction of sp³-hybridized carbons (Fsp3) is 1.00. The highest BCUT2D eigenvalue weighted by atomic mass is 32.2. The van der Waals surface area contributed by atoms with E-state index >= 15 is 0 Å². The zero-order valence-electron chi connectivity index (χ0n) is 9.07. The molecule has 1 saturated carbocycles. The third kappa shape index (κ3) is 3.58. The molecule has 0 radical (unpaired) electrons. The molecule has 4 heteroatoms. The van der Waals surface area contributed by atoms with E-state index in [1.54, 1.807) is 13.8 Å². The van der Waals surface area contributed by atoms with Crippen LogP contribution in [0.4, 0.5) is 0 Å². The zero-order valence-corrected chi connectivity index (χ0v) is 9.89. The van der Waals surface area contributed by atoms with Gasteiger partial charge in [-0.25, -0.2) is 8.42 Å². The summed E-state index contributed by atoms with van der Waals surface area (Å²) in [6, 6.07) is 0.234. The number of hydrogen-bond acceptors (Lipinski definition) is 3. The van der Waals surface area contributed by atoms with Crippen LogP contribution in [0.15, 0.2) is 0 Å². The smallest absolute Gasteiger partial charge is 0.152 e. The van der Waals surface area contributed by atoms with Crippen molar-refractivity contribution < 1.29 is 8.42 Å². The standard InChI is InChI=1S/C10H21NO2S/c1-8(2)14(12,13)7-3-4-10(11)9-5-6-9/h8-10H,3-7,11H2,1-2H3. The Labute approximate surface area is 87.0 Å². The zero-order chi connectivity index (χ0) is 10.8. The molecule has 0 aromatic rings. The summed E-state index contributed by atoms with van der Waals surface area (Å²) in [5.41, 5.74) is 5.89. The van der Waals surface area contributed by atoms with Gasteiger partial charge in [0.1, 0.15) is 0 Å².